The van der Waals surface area contributed by atoms with Crippen molar-refractivity contribution in [3.05, 3.63) is 130 Å². The van der Waals surface area contributed by atoms with E-state index in [1.165, 1.54) is 0 Å². The highest BCUT2D eigenvalue weighted by molar-refractivity contribution is 7.80. The Kier molecular flexibility index (Phi) is 7.30. The first-order chi connectivity index (χ1) is 19.9. The molecule has 0 spiro atoms. The number of para-hydroxylation sites is 2. The molecule has 0 saturated carbocycles. The zero-order valence-corrected chi connectivity index (χ0v) is 24.2. The first-order valence-electron chi connectivity index (χ1n) is 13.3. The monoisotopic (exact) mass is 577 g/mol. The van der Waals surface area contributed by atoms with Gasteiger partial charge in [0.25, 0.3) is 5.56 Å². The van der Waals surface area contributed by atoms with Crippen LogP contribution in [0.3, 0.4) is 0 Å². The van der Waals surface area contributed by atoms with E-state index >= 15 is 0 Å². The Morgan fingerprint density at radius 1 is 0.927 bits per heavy atom. The number of nitrogens with one attached hydrogen (secondary N) is 2. The number of H-pyrrole nitrogens is 1. The quantitative estimate of drug-likeness (QED) is 0.212. The number of nitrogens with zero attached hydrogens (tertiary/aromatic N) is 3. The number of aromatic nitrogens is 1. The van der Waals surface area contributed by atoms with Gasteiger partial charge in [0.1, 0.15) is 0 Å². The average molecular weight is 578 g/mol. The molecular formula is C33H28ClN5OS. The minimum absolute atomic E-state index is 0.196. The lowest BCUT2D eigenvalue weighted by atomic mass is 9.91. The zero-order chi connectivity index (χ0) is 28.5. The van der Waals surface area contributed by atoms with E-state index in [9.17, 15) is 4.79 Å². The van der Waals surface area contributed by atoms with Crippen molar-refractivity contribution in [1.29, 1.82) is 0 Å². The number of halogens is 1. The Morgan fingerprint density at radius 3 is 2.32 bits per heavy atom. The van der Waals surface area contributed by atoms with Crippen molar-refractivity contribution in [1.82, 2.24) is 9.99 Å². The smallest absolute Gasteiger partial charge is 0.258 e. The van der Waals surface area contributed by atoms with E-state index < -0.39 is 0 Å². The molecule has 1 aliphatic rings. The molecule has 6 rings (SSSR count). The number of pyridine rings is 1. The zero-order valence-electron chi connectivity index (χ0n) is 22.6. The Balaban J connectivity index is 1.50. The highest BCUT2D eigenvalue weighted by Crippen LogP contribution is 2.38. The average Bonchev–Trinajstić information content (AvgIpc) is 3.43. The molecule has 0 saturated heterocycles. The van der Waals surface area contributed by atoms with E-state index in [2.05, 4.69) is 39.5 Å². The van der Waals surface area contributed by atoms with Crippen LogP contribution in [0.4, 0.5) is 11.4 Å². The molecular weight excluding hydrogens is 550 g/mol. The second-order valence-corrected chi connectivity index (χ2v) is 11.0. The number of aromatic amines is 1. The second kappa shape index (κ2) is 11.2. The van der Waals surface area contributed by atoms with E-state index in [-0.39, 0.29) is 11.6 Å². The summed E-state index contributed by atoms with van der Waals surface area (Å²) in [6, 6.07) is 33.3. The summed E-state index contributed by atoms with van der Waals surface area (Å²) in [6.45, 7) is 0. The van der Waals surface area contributed by atoms with E-state index in [1.54, 1.807) is 0 Å². The van der Waals surface area contributed by atoms with Gasteiger partial charge >= 0.3 is 0 Å². The van der Waals surface area contributed by atoms with Gasteiger partial charge in [-0.05, 0) is 65.8 Å². The van der Waals surface area contributed by atoms with E-state index in [0.29, 0.717) is 27.8 Å². The van der Waals surface area contributed by atoms with Crippen LogP contribution in [0, 0.1) is 0 Å². The number of hydrogen-bond acceptors (Lipinski definition) is 4. The van der Waals surface area contributed by atoms with Crippen LogP contribution in [-0.2, 0) is 0 Å². The van der Waals surface area contributed by atoms with Crippen LogP contribution in [0.1, 0.15) is 23.6 Å². The summed E-state index contributed by atoms with van der Waals surface area (Å²) in [4.78, 5) is 18.9. The van der Waals surface area contributed by atoms with Crippen LogP contribution < -0.4 is 15.8 Å². The molecule has 1 aromatic heterocycles. The Labute approximate surface area is 248 Å². The molecule has 8 heteroatoms. The topological polar surface area (TPSA) is 63.7 Å². The summed E-state index contributed by atoms with van der Waals surface area (Å²) < 4.78 is 0. The molecule has 0 fully saturated rings. The highest BCUT2D eigenvalue weighted by atomic mass is 35.5. The molecule has 0 aliphatic carbocycles. The molecule has 0 bridgehead atoms. The van der Waals surface area contributed by atoms with Crippen LogP contribution in [0.2, 0.25) is 5.02 Å². The largest absolute Gasteiger partial charge is 0.378 e. The molecule has 0 radical (unpaired) electrons. The van der Waals surface area contributed by atoms with Crippen molar-refractivity contribution in [3.8, 4) is 11.1 Å². The van der Waals surface area contributed by atoms with Crippen LogP contribution in [-0.4, -0.2) is 34.9 Å². The van der Waals surface area contributed by atoms with Gasteiger partial charge in [0.15, 0.2) is 5.11 Å². The third kappa shape index (κ3) is 5.34. The predicted octanol–water partition coefficient (Wildman–Crippen LogP) is 7.46. The summed E-state index contributed by atoms with van der Waals surface area (Å²) >= 11 is 12.1. The number of thiocarbonyl (C=S) groups is 1. The van der Waals surface area contributed by atoms with Gasteiger partial charge < -0.3 is 15.2 Å². The van der Waals surface area contributed by atoms with Crippen LogP contribution in [0.25, 0.3) is 22.0 Å². The lowest BCUT2D eigenvalue weighted by Crippen LogP contribution is -2.31. The molecule has 2 N–H and O–H groups in total. The summed E-state index contributed by atoms with van der Waals surface area (Å²) in [5.41, 5.74) is 6.50. The first kappa shape index (κ1) is 26.7. The maximum atomic E-state index is 13.8. The van der Waals surface area contributed by atoms with Crippen LogP contribution in [0.5, 0.6) is 0 Å². The van der Waals surface area contributed by atoms with Crippen molar-refractivity contribution in [3.63, 3.8) is 0 Å². The van der Waals surface area contributed by atoms with Gasteiger partial charge in [0.05, 0.1) is 17.3 Å². The van der Waals surface area contributed by atoms with E-state index in [1.807, 2.05) is 98.0 Å². The maximum Gasteiger partial charge on any atom is 0.258 e. The summed E-state index contributed by atoms with van der Waals surface area (Å²) in [5.74, 6) is 0. The van der Waals surface area contributed by atoms with Gasteiger partial charge in [-0.2, -0.15) is 5.10 Å². The molecule has 6 nitrogen and oxygen atoms in total. The van der Waals surface area contributed by atoms with E-state index in [0.717, 1.165) is 39.0 Å². The maximum absolute atomic E-state index is 13.8. The summed E-state index contributed by atoms with van der Waals surface area (Å²) in [6.07, 6.45) is 0.500. The molecule has 4 aromatic carbocycles. The van der Waals surface area contributed by atoms with Crippen molar-refractivity contribution in [2.24, 2.45) is 5.10 Å². The fourth-order valence-electron chi connectivity index (χ4n) is 5.24. The minimum atomic E-state index is -0.200. The number of rotatable bonds is 5. The normalized spacial score (nSPS) is 14.7. The number of anilines is 2. The lowest BCUT2D eigenvalue weighted by Gasteiger charge is -2.25. The molecule has 1 unspecified atom stereocenters. The second-order valence-electron chi connectivity index (χ2n) is 10.1. The number of fused-ring (bicyclic) bond motifs is 1. The molecule has 1 aliphatic heterocycles. The van der Waals surface area contributed by atoms with Gasteiger partial charge in [-0.15, -0.1) is 0 Å². The molecule has 5 aromatic rings. The fourth-order valence-corrected chi connectivity index (χ4v) is 5.65. The minimum Gasteiger partial charge on any atom is -0.378 e. The number of hydrogen-bond donors (Lipinski definition) is 2. The highest BCUT2D eigenvalue weighted by Gasteiger charge is 2.34. The van der Waals surface area contributed by atoms with Crippen LogP contribution >= 0.6 is 23.8 Å². The Hall–Kier alpha value is -4.46. The summed E-state index contributed by atoms with van der Waals surface area (Å²) in [5, 5.41) is 12.2. The molecule has 204 valence electrons. The lowest BCUT2D eigenvalue weighted by molar-refractivity contribution is 0.375. The predicted molar refractivity (Wildman–Crippen MR) is 174 cm³/mol. The SMILES string of the molecule is CN(C)c1ccc(C2CC(c3c(-c4ccc(Cl)cc4)c4ccccc4[nH]c3=O)=NN2C(=S)Nc2ccccc2)cc1. The molecule has 41 heavy (non-hydrogen) atoms. The first-order valence-corrected chi connectivity index (χ1v) is 14.1. The Bertz CT molecular complexity index is 1820. The van der Waals surface area contributed by atoms with Gasteiger partial charge in [-0.3, -0.25) is 4.79 Å². The standard InChI is InChI=1S/C33H28ClN5OS/c1-38(2)25-18-14-21(15-19-25)29-20-28(37-39(29)33(41)35-24-8-4-3-5-9-24)31-30(22-12-16-23(34)17-13-22)26-10-6-7-11-27(26)36-32(31)40/h3-19,29H,20H2,1-2H3,(H,35,41)(H,36,40). The van der Waals surface area contributed by atoms with Crippen molar-refractivity contribution >= 4 is 56.9 Å². The van der Waals surface area contributed by atoms with Crippen LogP contribution in [0.15, 0.2) is 113 Å². The van der Waals surface area contributed by atoms with Gasteiger partial charge in [0, 0.05) is 53.4 Å². The third-order valence-electron chi connectivity index (χ3n) is 7.28. The number of benzene rings is 4. The van der Waals surface area contributed by atoms with Crippen molar-refractivity contribution in [2.45, 2.75) is 12.5 Å². The van der Waals surface area contributed by atoms with Gasteiger partial charge in [-0.25, -0.2) is 5.01 Å². The van der Waals surface area contributed by atoms with Crippen molar-refractivity contribution < 1.29 is 0 Å². The fraction of sp³-hybridized carbons (Fsp3) is 0.121. The Morgan fingerprint density at radius 2 is 1.61 bits per heavy atom. The molecule has 0 amide bonds. The van der Waals surface area contributed by atoms with Gasteiger partial charge in [-0.1, -0.05) is 72.3 Å². The summed E-state index contributed by atoms with van der Waals surface area (Å²) in [7, 11) is 4.03. The molecule has 1 atom stereocenters. The van der Waals surface area contributed by atoms with Gasteiger partial charge in [0.2, 0.25) is 0 Å². The van der Waals surface area contributed by atoms with Crippen molar-refractivity contribution in [2.75, 3.05) is 24.3 Å². The number of hydrazone groups is 1. The molecule has 2 heterocycles. The third-order valence-corrected chi connectivity index (χ3v) is 7.82. The van der Waals surface area contributed by atoms with E-state index in [4.69, 9.17) is 28.9 Å².